The van der Waals surface area contributed by atoms with Gasteiger partial charge in [-0.2, -0.15) is 18.3 Å². The molecule has 3 aromatic rings. The number of aromatic nitrogens is 5. The van der Waals surface area contributed by atoms with Crippen molar-refractivity contribution in [2.45, 2.75) is 18.0 Å². The highest BCUT2D eigenvalue weighted by Crippen LogP contribution is 2.29. The maximum absolute atomic E-state index is 12.7. The summed E-state index contributed by atoms with van der Waals surface area (Å²) in [4.78, 5) is 5.13. The van der Waals surface area contributed by atoms with Crippen LogP contribution in [0.1, 0.15) is 12.6 Å². The standard InChI is InChI=1S/C13H10F3N5S/c1-2-22-10-4-3-5-17-12(10)21-7-9-8(20-21)6-11(19-18-9)13(14,15)16/h3-7H,2H2,1H3. The molecule has 0 unspecified atom stereocenters. The van der Waals surface area contributed by atoms with E-state index in [0.29, 0.717) is 5.82 Å². The van der Waals surface area contributed by atoms with Gasteiger partial charge in [-0.15, -0.1) is 22.0 Å². The minimum Gasteiger partial charge on any atom is -0.236 e. The average Bonchev–Trinajstić information content (AvgIpc) is 2.90. The van der Waals surface area contributed by atoms with Gasteiger partial charge >= 0.3 is 6.18 Å². The zero-order valence-corrected chi connectivity index (χ0v) is 12.2. The van der Waals surface area contributed by atoms with Gasteiger partial charge in [0.05, 0.1) is 11.1 Å². The Balaban J connectivity index is 2.09. The average molecular weight is 325 g/mol. The van der Waals surface area contributed by atoms with Crippen LogP contribution >= 0.6 is 11.8 Å². The molecule has 0 fully saturated rings. The van der Waals surface area contributed by atoms with Gasteiger partial charge in [0, 0.05) is 12.3 Å². The van der Waals surface area contributed by atoms with Crippen molar-refractivity contribution < 1.29 is 13.2 Å². The number of fused-ring (bicyclic) bond motifs is 1. The monoisotopic (exact) mass is 325 g/mol. The highest BCUT2D eigenvalue weighted by Gasteiger charge is 2.33. The third-order valence-electron chi connectivity index (χ3n) is 2.82. The van der Waals surface area contributed by atoms with Crippen molar-refractivity contribution in [2.75, 3.05) is 5.75 Å². The van der Waals surface area contributed by atoms with Crippen LogP contribution in [0.4, 0.5) is 13.2 Å². The molecule has 3 aromatic heterocycles. The first-order valence-corrected chi connectivity index (χ1v) is 7.36. The second-order valence-corrected chi connectivity index (χ2v) is 5.64. The Bertz CT molecular complexity index is 815. The largest absolute Gasteiger partial charge is 0.435 e. The zero-order valence-electron chi connectivity index (χ0n) is 11.4. The van der Waals surface area contributed by atoms with E-state index in [1.807, 2.05) is 13.0 Å². The van der Waals surface area contributed by atoms with Crippen LogP contribution in [0, 0.1) is 0 Å². The molecule has 0 bridgehead atoms. The summed E-state index contributed by atoms with van der Waals surface area (Å²) in [5.41, 5.74) is -0.652. The minimum absolute atomic E-state index is 0.125. The Kier molecular flexibility index (Phi) is 3.73. The van der Waals surface area contributed by atoms with E-state index in [9.17, 15) is 13.2 Å². The highest BCUT2D eigenvalue weighted by atomic mass is 32.2. The summed E-state index contributed by atoms with van der Waals surface area (Å²) in [5, 5.41) is 10.9. The van der Waals surface area contributed by atoms with Crippen LogP contribution in [0.3, 0.4) is 0 Å². The Morgan fingerprint density at radius 3 is 2.77 bits per heavy atom. The Labute approximate surface area is 127 Å². The number of hydrogen-bond acceptors (Lipinski definition) is 5. The molecule has 0 aliphatic rings. The molecule has 0 aromatic carbocycles. The molecule has 9 heteroatoms. The molecule has 0 spiro atoms. The molecule has 0 radical (unpaired) electrons. The van der Waals surface area contributed by atoms with Crippen LogP contribution in [0.2, 0.25) is 0 Å². The van der Waals surface area contributed by atoms with E-state index in [2.05, 4.69) is 20.3 Å². The van der Waals surface area contributed by atoms with Crippen molar-refractivity contribution in [3.63, 3.8) is 0 Å². The second kappa shape index (κ2) is 5.56. The molecule has 114 valence electrons. The van der Waals surface area contributed by atoms with Crippen LogP contribution in [-0.2, 0) is 6.18 Å². The number of pyridine rings is 1. The topological polar surface area (TPSA) is 56.5 Å². The van der Waals surface area contributed by atoms with Crippen molar-refractivity contribution in [3.8, 4) is 5.82 Å². The Morgan fingerprint density at radius 2 is 2.05 bits per heavy atom. The van der Waals surface area contributed by atoms with Crippen molar-refractivity contribution in [1.82, 2.24) is 25.0 Å². The summed E-state index contributed by atoms with van der Waals surface area (Å²) in [5.74, 6) is 1.40. The Hall–Kier alpha value is -2.16. The molecule has 0 aliphatic heterocycles. The molecule has 22 heavy (non-hydrogen) atoms. The molecule has 3 rings (SSSR count). The van der Waals surface area contributed by atoms with Crippen LogP contribution in [0.5, 0.6) is 0 Å². The van der Waals surface area contributed by atoms with Gasteiger partial charge in [-0.05, 0) is 17.9 Å². The SMILES string of the molecule is CCSc1cccnc1-n1cc2nnc(C(F)(F)F)cc2n1. The fourth-order valence-corrected chi connectivity index (χ4v) is 2.65. The first-order valence-electron chi connectivity index (χ1n) is 6.37. The van der Waals surface area contributed by atoms with E-state index in [1.54, 1.807) is 24.0 Å². The smallest absolute Gasteiger partial charge is 0.236 e. The first-order chi connectivity index (χ1) is 10.5. The highest BCUT2D eigenvalue weighted by molar-refractivity contribution is 7.99. The number of nitrogens with zero attached hydrogens (tertiary/aromatic N) is 5. The predicted octanol–water partition coefficient (Wildman–Crippen LogP) is 3.34. The van der Waals surface area contributed by atoms with E-state index < -0.39 is 11.9 Å². The summed E-state index contributed by atoms with van der Waals surface area (Å²) in [7, 11) is 0. The van der Waals surface area contributed by atoms with Gasteiger partial charge in [-0.25, -0.2) is 9.67 Å². The summed E-state index contributed by atoms with van der Waals surface area (Å²) < 4.78 is 39.4. The van der Waals surface area contributed by atoms with Gasteiger partial charge in [0.15, 0.2) is 11.5 Å². The fraction of sp³-hybridized carbons (Fsp3) is 0.231. The van der Waals surface area contributed by atoms with E-state index >= 15 is 0 Å². The van der Waals surface area contributed by atoms with Crippen LogP contribution in [0.25, 0.3) is 16.9 Å². The lowest BCUT2D eigenvalue weighted by Crippen LogP contribution is -2.08. The normalized spacial score (nSPS) is 12.0. The van der Waals surface area contributed by atoms with Crippen molar-refractivity contribution in [2.24, 2.45) is 0 Å². The molecular weight excluding hydrogens is 315 g/mol. The van der Waals surface area contributed by atoms with E-state index in [1.165, 1.54) is 10.9 Å². The molecule has 3 heterocycles. The lowest BCUT2D eigenvalue weighted by Gasteiger charge is -2.05. The minimum atomic E-state index is -4.54. The number of thioether (sulfide) groups is 1. The number of halogens is 3. The van der Waals surface area contributed by atoms with Gasteiger partial charge in [0.25, 0.3) is 0 Å². The van der Waals surface area contributed by atoms with Gasteiger partial charge in [-0.1, -0.05) is 6.92 Å². The molecule has 0 atom stereocenters. The number of rotatable bonds is 3. The quantitative estimate of drug-likeness (QED) is 0.691. The van der Waals surface area contributed by atoms with Crippen molar-refractivity contribution in [3.05, 3.63) is 36.3 Å². The van der Waals surface area contributed by atoms with Gasteiger partial charge < -0.3 is 0 Å². The summed E-state index contributed by atoms with van der Waals surface area (Å²) >= 11 is 1.57. The second-order valence-electron chi connectivity index (χ2n) is 4.33. The van der Waals surface area contributed by atoms with Crippen molar-refractivity contribution in [1.29, 1.82) is 0 Å². The molecule has 0 saturated carbocycles. The molecular formula is C13H10F3N5S. The number of hydrogen-bond donors (Lipinski definition) is 0. The van der Waals surface area contributed by atoms with E-state index in [0.717, 1.165) is 16.7 Å². The maximum Gasteiger partial charge on any atom is 0.435 e. The van der Waals surface area contributed by atoms with Crippen LogP contribution in [0.15, 0.2) is 35.5 Å². The summed E-state index contributed by atoms with van der Waals surface area (Å²) in [6, 6.07) is 4.57. The molecule has 0 aliphatic carbocycles. The molecule has 0 saturated heterocycles. The zero-order chi connectivity index (χ0) is 15.7. The third kappa shape index (κ3) is 2.76. The van der Waals surface area contributed by atoms with Crippen LogP contribution in [-0.4, -0.2) is 30.7 Å². The van der Waals surface area contributed by atoms with E-state index in [4.69, 9.17) is 0 Å². The summed E-state index contributed by atoms with van der Waals surface area (Å²) in [6.45, 7) is 2.00. The summed E-state index contributed by atoms with van der Waals surface area (Å²) in [6.07, 6.45) is -1.42. The first kappa shape index (κ1) is 14.8. The lowest BCUT2D eigenvalue weighted by molar-refractivity contribution is -0.141. The maximum atomic E-state index is 12.7. The lowest BCUT2D eigenvalue weighted by atomic mass is 10.3. The molecule has 0 amide bonds. The van der Waals surface area contributed by atoms with E-state index in [-0.39, 0.29) is 11.0 Å². The molecule has 5 nitrogen and oxygen atoms in total. The molecule has 0 N–H and O–H groups in total. The Morgan fingerprint density at radius 1 is 1.23 bits per heavy atom. The van der Waals surface area contributed by atoms with Gasteiger partial charge in [-0.3, -0.25) is 0 Å². The van der Waals surface area contributed by atoms with Crippen LogP contribution < -0.4 is 0 Å². The third-order valence-corrected chi connectivity index (χ3v) is 3.74. The fourth-order valence-electron chi connectivity index (χ4n) is 1.89. The number of alkyl halides is 3. The van der Waals surface area contributed by atoms with Gasteiger partial charge in [0.2, 0.25) is 0 Å². The van der Waals surface area contributed by atoms with Gasteiger partial charge in [0.1, 0.15) is 11.0 Å². The van der Waals surface area contributed by atoms with Crippen molar-refractivity contribution >= 4 is 22.8 Å². The predicted molar refractivity (Wildman–Crippen MR) is 75.9 cm³/mol.